The zero-order valence-corrected chi connectivity index (χ0v) is 11.1. The van der Waals surface area contributed by atoms with Crippen molar-refractivity contribution < 1.29 is 0 Å². The molecule has 0 aliphatic carbocycles. The predicted molar refractivity (Wildman–Crippen MR) is 73.3 cm³/mol. The molecule has 3 nitrogen and oxygen atoms in total. The maximum Gasteiger partial charge on any atom is 0.0635 e. The second-order valence-corrected chi connectivity index (χ2v) is 5.20. The van der Waals surface area contributed by atoms with Crippen LogP contribution in [0.1, 0.15) is 12.0 Å². The highest BCUT2D eigenvalue weighted by molar-refractivity contribution is 6.33. The second kappa shape index (κ2) is 5.71. The molecule has 1 saturated heterocycles. The van der Waals surface area contributed by atoms with Crippen molar-refractivity contribution in [2.24, 2.45) is 0 Å². The van der Waals surface area contributed by atoms with Crippen LogP contribution in [0.15, 0.2) is 18.2 Å². The third-order valence-corrected chi connectivity index (χ3v) is 3.62. The number of likely N-dealkylation sites (N-methyl/N-ethyl adjacent to an activating group) is 1. The number of halogens is 1. The first kappa shape index (κ1) is 12.7. The zero-order chi connectivity index (χ0) is 12.3. The minimum Gasteiger partial charge on any atom is -0.398 e. The average molecular weight is 254 g/mol. The molecule has 1 aromatic rings. The molecule has 0 spiro atoms. The molecule has 0 amide bonds. The van der Waals surface area contributed by atoms with Gasteiger partial charge in [-0.25, -0.2) is 0 Å². The summed E-state index contributed by atoms with van der Waals surface area (Å²) in [4.78, 5) is 4.86. The van der Waals surface area contributed by atoms with Gasteiger partial charge in [0.1, 0.15) is 0 Å². The van der Waals surface area contributed by atoms with Gasteiger partial charge in [-0.15, -0.1) is 0 Å². The van der Waals surface area contributed by atoms with Crippen LogP contribution in [0.3, 0.4) is 0 Å². The van der Waals surface area contributed by atoms with Gasteiger partial charge in [-0.1, -0.05) is 17.7 Å². The van der Waals surface area contributed by atoms with Crippen LogP contribution in [-0.4, -0.2) is 43.0 Å². The van der Waals surface area contributed by atoms with E-state index in [9.17, 15) is 0 Å². The molecule has 0 bridgehead atoms. The van der Waals surface area contributed by atoms with Gasteiger partial charge in [0.2, 0.25) is 0 Å². The number of rotatable bonds is 2. The molecule has 0 saturated carbocycles. The maximum atomic E-state index is 5.92. The van der Waals surface area contributed by atoms with Crippen LogP contribution in [0.5, 0.6) is 0 Å². The normalized spacial score (nSPS) is 19.2. The van der Waals surface area contributed by atoms with Crippen molar-refractivity contribution in [3.63, 3.8) is 0 Å². The lowest BCUT2D eigenvalue weighted by Crippen LogP contribution is -2.28. The van der Waals surface area contributed by atoms with Crippen molar-refractivity contribution in [3.05, 3.63) is 28.8 Å². The summed E-state index contributed by atoms with van der Waals surface area (Å²) in [7, 11) is 2.18. The summed E-state index contributed by atoms with van der Waals surface area (Å²) in [5.74, 6) is 0. The van der Waals surface area contributed by atoms with E-state index in [-0.39, 0.29) is 0 Å². The molecular formula is C13H20ClN3. The van der Waals surface area contributed by atoms with Crippen LogP contribution >= 0.6 is 11.6 Å². The highest BCUT2D eigenvalue weighted by Gasteiger charge is 2.12. The van der Waals surface area contributed by atoms with E-state index in [0.29, 0.717) is 10.7 Å². The molecule has 0 unspecified atom stereocenters. The van der Waals surface area contributed by atoms with Gasteiger partial charge in [0.05, 0.1) is 10.7 Å². The van der Waals surface area contributed by atoms with Gasteiger partial charge in [-0.3, -0.25) is 4.90 Å². The maximum absolute atomic E-state index is 5.92. The first-order valence-electron chi connectivity index (χ1n) is 6.10. The van der Waals surface area contributed by atoms with E-state index in [2.05, 4.69) is 22.9 Å². The molecule has 94 valence electrons. The van der Waals surface area contributed by atoms with Crippen molar-refractivity contribution in [1.82, 2.24) is 9.80 Å². The highest BCUT2D eigenvalue weighted by atomic mass is 35.5. The summed E-state index contributed by atoms with van der Waals surface area (Å²) in [5.41, 5.74) is 7.74. The number of hydrogen-bond donors (Lipinski definition) is 1. The molecule has 1 aromatic carbocycles. The highest BCUT2D eigenvalue weighted by Crippen LogP contribution is 2.20. The predicted octanol–water partition coefficient (Wildman–Crippen LogP) is 2.06. The summed E-state index contributed by atoms with van der Waals surface area (Å²) in [5, 5.41) is 0.643. The van der Waals surface area contributed by atoms with E-state index in [4.69, 9.17) is 17.3 Å². The largest absolute Gasteiger partial charge is 0.398 e. The van der Waals surface area contributed by atoms with Gasteiger partial charge < -0.3 is 10.6 Å². The zero-order valence-electron chi connectivity index (χ0n) is 10.3. The molecule has 1 aliphatic rings. The average Bonchev–Trinajstić information content (AvgIpc) is 2.49. The molecular weight excluding hydrogens is 234 g/mol. The summed E-state index contributed by atoms with van der Waals surface area (Å²) in [6, 6.07) is 5.93. The van der Waals surface area contributed by atoms with Crippen molar-refractivity contribution in [2.45, 2.75) is 13.0 Å². The van der Waals surface area contributed by atoms with Gasteiger partial charge in [-0.05, 0) is 44.3 Å². The van der Waals surface area contributed by atoms with Crippen molar-refractivity contribution in [2.75, 3.05) is 39.0 Å². The first-order valence-corrected chi connectivity index (χ1v) is 6.48. The minimum atomic E-state index is 0.643. The topological polar surface area (TPSA) is 32.5 Å². The monoisotopic (exact) mass is 253 g/mol. The molecule has 0 radical (unpaired) electrons. The Kier molecular flexibility index (Phi) is 4.26. The lowest BCUT2D eigenvalue weighted by atomic mass is 10.2. The fourth-order valence-electron chi connectivity index (χ4n) is 2.21. The number of hydrogen-bond acceptors (Lipinski definition) is 3. The molecule has 2 N–H and O–H groups in total. The van der Waals surface area contributed by atoms with Crippen LogP contribution in [0, 0.1) is 0 Å². The van der Waals surface area contributed by atoms with Gasteiger partial charge in [0.25, 0.3) is 0 Å². The molecule has 0 aromatic heterocycles. The molecule has 1 fully saturated rings. The third kappa shape index (κ3) is 3.60. The van der Waals surface area contributed by atoms with Crippen LogP contribution in [-0.2, 0) is 6.54 Å². The molecule has 4 heteroatoms. The molecule has 1 aliphatic heterocycles. The first-order chi connectivity index (χ1) is 8.15. The third-order valence-electron chi connectivity index (χ3n) is 3.28. The van der Waals surface area contributed by atoms with Crippen LogP contribution in [0.2, 0.25) is 5.02 Å². The van der Waals surface area contributed by atoms with Crippen molar-refractivity contribution >= 4 is 17.3 Å². The number of benzene rings is 1. The summed E-state index contributed by atoms with van der Waals surface area (Å²) >= 11 is 5.92. The van der Waals surface area contributed by atoms with Crippen LogP contribution in [0.4, 0.5) is 5.69 Å². The fourth-order valence-corrected chi connectivity index (χ4v) is 2.33. The van der Waals surface area contributed by atoms with E-state index in [0.717, 1.165) is 26.2 Å². The van der Waals surface area contributed by atoms with Crippen LogP contribution in [0.25, 0.3) is 0 Å². The van der Waals surface area contributed by atoms with E-state index >= 15 is 0 Å². The molecule has 17 heavy (non-hydrogen) atoms. The lowest BCUT2D eigenvalue weighted by Gasteiger charge is -2.20. The van der Waals surface area contributed by atoms with Crippen molar-refractivity contribution in [1.29, 1.82) is 0 Å². The Hall–Kier alpha value is -0.770. The van der Waals surface area contributed by atoms with E-state index in [1.807, 2.05) is 12.1 Å². The van der Waals surface area contributed by atoms with E-state index < -0.39 is 0 Å². The summed E-state index contributed by atoms with van der Waals surface area (Å²) < 4.78 is 0. The smallest absolute Gasteiger partial charge is 0.0635 e. The van der Waals surface area contributed by atoms with E-state index in [1.165, 1.54) is 18.5 Å². The number of nitrogen functional groups attached to an aromatic ring is 1. The quantitative estimate of drug-likeness (QED) is 0.819. The van der Waals surface area contributed by atoms with Gasteiger partial charge >= 0.3 is 0 Å². The second-order valence-electron chi connectivity index (χ2n) is 4.79. The number of nitrogens with two attached hydrogens (primary N) is 1. The molecule has 2 rings (SSSR count). The SMILES string of the molecule is CN1CCCN(Cc2ccc(Cl)c(N)c2)CC1. The van der Waals surface area contributed by atoms with Crippen LogP contribution < -0.4 is 5.73 Å². The molecule has 1 heterocycles. The summed E-state index contributed by atoms with van der Waals surface area (Å²) in [6.07, 6.45) is 1.24. The van der Waals surface area contributed by atoms with E-state index in [1.54, 1.807) is 0 Å². The Balaban J connectivity index is 1.97. The Bertz CT molecular complexity index is 381. The number of anilines is 1. The Labute approximate surface area is 108 Å². The Morgan fingerprint density at radius 3 is 2.82 bits per heavy atom. The number of nitrogens with zero attached hydrogens (tertiary/aromatic N) is 2. The molecule has 0 atom stereocenters. The van der Waals surface area contributed by atoms with Crippen molar-refractivity contribution in [3.8, 4) is 0 Å². The minimum absolute atomic E-state index is 0.643. The van der Waals surface area contributed by atoms with Gasteiger partial charge in [0, 0.05) is 19.6 Å². The Morgan fingerprint density at radius 1 is 1.24 bits per heavy atom. The summed E-state index contributed by atoms with van der Waals surface area (Å²) in [6.45, 7) is 5.59. The standard InChI is InChI=1S/C13H20ClN3/c1-16-5-2-6-17(8-7-16)10-11-3-4-12(14)13(15)9-11/h3-4,9H,2,5-8,10,15H2,1H3. The fraction of sp³-hybridized carbons (Fsp3) is 0.538. The Morgan fingerprint density at radius 2 is 2.06 bits per heavy atom. The van der Waals surface area contributed by atoms with Gasteiger partial charge in [0.15, 0.2) is 0 Å². The lowest BCUT2D eigenvalue weighted by molar-refractivity contribution is 0.269. The van der Waals surface area contributed by atoms with Gasteiger partial charge in [-0.2, -0.15) is 0 Å².